The van der Waals surface area contributed by atoms with Gasteiger partial charge in [0.15, 0.2) is 0 Å². The third-order valence-corrected chi connectivity index (χ3v) is 5.01. The smallest absolute Gasteiger partial charge is 0.271 e. The van der Waals surface area contributed by atoms with Crippen LogP contribution >= 0.6 is 0 Å². The van der Waals surface area contributed by atoms with Crippen molar-refractivity contribution in [3.63, 3.8) is 0 Å². The third kappa shape index (κ3) is 1.68. The highest BCUT2D eigenvalue weighted by molar-refractivity contribution is 6.23. The van der Waals surface area contributed by atoms with Gasteiger partial charge in [0.2, 0.25) is 11.8 Å². The molecule has 1 aromatic carbocycles. The van der Waals surface area contributed by atoms with Crippen LogP contribution < -0.4 is 4.90 Å². The summed E-state index contributed by atoms with van der Waals surface area (Å²) in [6, 6.07) is 5.60. The van der Waals surface area contributed by atoms with Crippen LogP contribution in [0.25, 0.3) is 0 Å². The molecule has 0 unspecified atom stereocenters. The van der Waals surface area contributed by atoms with E-state index in [9.17, 15) is 19.7 Å². The first-order chi connectivity index (χ1) is 11.0. The summed E-state index contributed by atoms with van der Waals surface area (Å²) in [7, 11) is 0. The molecule has 118 valence electrons. The van der Waals surface area contributed by atoms with E-state index in [4.69, 9.17) is 4.74 Å². The number of hydrogen-bond donors (Lipinski definition) is 0. The Morgan fingerprint density at radius 3 is 2.83 bits per heavy atom. The Kier molecular flexibility index (Phi) is 2.74. The summed E-state index contributed by atoms with van der Waals surface area (Å²) in [5, 5.41) is 10.9. The Morgan fingerprint density at radius 2 is 2.13 bits per heavy atom. The van der Waals surface area contributed by atoms with Crippen molar-refractivity contribution < 1.29 is 19.2 Å². The van der Waals surface area contributed by atoms with Crippen molar-refractivity contribution in [3.05, 3.63) is 46.5 Å². The molecular weight excluding hydrogens is 300 g/mol. The second-order valence-electron chi connectivity index (χ2n) is 6.04. The number of carbonyl (C=O) groups excluding carboxylic acids is 2. The van der Waals surface area contributed by atoms with Gasteiger partial charge in [0.05, 0.1) is 34.2 Å². The quantitative estimate of drug-likeness (QED) is 0.367. The van der Waals surface area contributed by atoms with Crippen LogP contribution in [0.5, 0.6) is 0 Å². The van der Waals surface area contributed by atoms with Gasteiger partial charge in [-0.15, -0.1) is 0 Å². The number of anilines is 1. The summed E-state index contributed by atoms with van der Waals surface area (Å²) in [4.78, 5) is 37.1. The van der Waals surface area contributed by atoms with Crippen LogP contribution in [0.1, 0.15) is 13.3 Å². The van der Waals surface area contributed by atoms with Gasteiger partial charge in [-0.3, -0.25) is 19.7 Å². The number of ether oxygens (including phenoxy) is 1. The van der Waals surface area contributed by atoms with E-state index in [1.165, 1.54) is 18.2 Å². The Bertz CT molecular complexity index is 773. The summed E-state index contributed by atoms with van der Waals surface area (Å²) in [6.45, 7) is 1.92. The zero-order valence-electron chi connectivity index (χ0n) is 12.3. The van der Waals surface area contributed by atoms with E-state index in [0.717, 1.165) is 4.90 Å². The molecule has 23 heavy (non-hydrogen) atoms. The number of carbonyl (C=O) groups is 2. The minimum atomic E-state index is -0.725. The Labute approximate surface area is 131 Å². The molecule has 2 fully saturated rings. The molecule has 3 aliphatic heterocycles. The van der Waals surface area contributed by atoms with E-state index in [2.05, 4.69) is 0 Å². The fourth-order valence-electron chi connectivity index (χ4n) is 3.92. The Balaban J connectivity index is 1.76. The lowest BCUT2D eigenvalue weighted by atomic mass is 9.76. The SMILES string of the molecule is CC[C@@]12C=C[C@@H](O1)[C@H]1C(=O)N(c3cccc([N+](=O)[O-])c3)C(=O)[C@H]12. The van der Waals surface area contributed by atoms with Gasteiger partial charge < -0.3 is 4.74 Å². The van der Waals surface area contributed by atoms with Gasteiger partial charge in [-0.25, -0.2) is 4.90 Å². The molecule has 1 aromatic rings. The number of nitro benzene ring substituents is 1. The third-order valence-electron chi connectivity index (χ3n) is 5.01. The van der Waals surface area contributed by atoms with E-state index in [-0.39, 0.29) is 29.3 Å². The second-order valence-corrected chi connectivity index (χ2v) is 6.04. The Morgan fingerprint density at radius 1 is 1.35 bits per heavy atom. The molecule has 3 aliphatic rings. The van der Waals surface area contributed by atoms with Gasteiger partial charge in [-0.2, -0.15) is 0 Å². The van der Waals surface area contributed by atoms with E-state index in [1.54, 1.807) is 6.07 Å². The van der Waals surface area contributed by atoms with E-state index < -0.39 is 22.4 Å². The van der Waals surface area contributed by atoms with Crippen LogP contribution in [0.3, 0.4) is 0 Å². The zero-order chi connectivity index (χ0) is 16.4. The van der Waals surface area contributed by atoms with E-state index in [1.807, 2.05) is 19.1 Å². The molecule has 0 spiro atoms. The number of non-ortho nitro benzene ring substituents is 1. The monoisotopic (exact) mass is 314 g/mol. The van der Waals surface area contributed by atoms with Crippen molar-refractivity contribution in [2.75, 3.05) is 4.90 Å². The number of fused-ring (bicyclic) bond motifs is 5. The molecule has 0 radical (unpaired) electrons. The minimum Gasteiger partial charge on any atom is -0.362 e. The van der Waals surface area contributed by atoms with Crippen LogP contribution in [-0.2, 0) is 14.3 Å². The molecule has 0 aromatic heterocycles. The molecule has 3 heterocycles. The molecule has 4 atom stereocenters. The van der Waals surface area contributed by atoms with Crippen molar-refractivity contribution in [2.45, 2.75) is 25.0 Å². The molecule has 0 N–H and O–H groups in total. The van der Waals surface area contributed by atoms with E-state index in [0.29, 0.717) is 6.42 Å². The molecule has 0 saturated carbocycles. The lowest BCUT2D eigenvalue weighted by Crippen LogP contribution is -2.40. The van der Waals surface area contributed by atoms with Crippen molar-refractivity contribution >= 4 is 23.2 Å². The first-order valence-corrected chi connectivity index (χ1v) is 7.48. The van der Waals surface area contributed by atoms with Crippen molar-refractivity contribution in [1.82, 2.24) is 0 Å². The molecule has 2 saturated heterocycles. The maximum Gasteiger partial charge on any atom is 0.271 e. The van der Waals surface area contributed by atoms with Crippen molar-refractivity contribution in [3.8, 4) is 0 Å². The van der Waals surface area contributed by atoms with Gasteiger partial charge in [0, 0.05) is 12.1 Å². The fourth-order valence-corrected chi connectivity index (χ4v) is 3.92. The zero-order valence-corrected chi connectivity index (χ0v) is 12.3. The number of imide groups is 1. The number of benzene rings is 1. The Hall–Kier alpha value is -2.54. The predicted molar refractivity (Wildman–Crippen MR) is 79.6 cm³/mol. The number of rotatable bonds is 3. The minimum absolute atomic E-state index is 0.150. The largest absolute Gasteiger partial charge is 0.362 e. The maximum atomic E-state index is 12.9. The normalized spacial score (nSPS) is 34.3. The second kappa shape index (κ2) is 4.48. The summed E-state index contributed by atoms with van der Waals surface area (Å²) in [6.07, 6.45) is 3.93. The molecule has 7 heteroatoms. The van der Waals surface area contributed by atoms with Gasteiger partial charge in [0.1, 0.15) is 0 Å². The van der Waals surface area contributed by atoms with Gasteiger partial charge in [-0.1, -0.05) is 25.1 Å². The van der Waals surface area contributed by atoms with Gasteiger partial charge >= 0.3 is 0 Å². The lowest BCUT2D eigenvalue weighted by Gasteiger charge is -2.27. The average molecular weight is 314 g/mol. The summed E-state index contributed by atoms with van der Waals surface area (Å²) >= 11 is 0. The standard InChI is InChI=1S/C16H14N2O5/c1-2-16-7-6-11(23-16)12-13(16)15(20)17(14(12)19)9-4-3-5-10(8-9)18(21)22/h3-8,11-13H,2H2,1H3/t11-,12-,13+,16+/m1/s1. The van der Waals surface area contributed by atoms with Crippen molar-refractivity contribution in [1.29, 1.82) is 0 Å². The molecule has 2 bridgehead atoms. The highest BCUT2D eigenvalue weighted by Gasteiger charge is 2.67. The lowest BCUT2D eigenvalue weighted by molar-refractivity contribution is -0.384. The van der Waals surface area contributed by atoms with Crippen LogP contribution in [0.4, 0.5) is 11.4 Å². The van der Waals surface area contributed by atoms with E-state index >= 15 is 0 Å². The maximum absolute atomic E-state index is 12.9. The van der Waals surface area contributed by atoms with Crippen LogP contribution in [0.15, 0.2) is 36.4 Å². The fraction of sp³-hybridized carbons (Fsp3) is 0.375. The molecule has 4 rings (SSSR count). The summed E-state index contributed by atoms with van der Waals surface area (Å²) < 4.78 is 5.88. The molecule has 7 nitrogen and oxygen atoms in total. The number of hydrogen-bond acceptors (Lipinski definition) is 5. The first-order valence-electron chi connectivity index (χ1n) is 7.48. The molecule has 0 aliphatic carbocycles. The summed E-state index contributed by atoms with van der Waals surface area (Å²) in [5.74, 6) is -1.76. The highest BCUT2D eigenvalue weighted by Crippen LogP contribution is 2.53. The number of amides is 2. The van der Waals surface area contributed by atoms with Gasteiger partial charge in [0.25, 0.3) is 5.69 Å². The van der Waals surface area contributed by atoms with Crippen LogP contribution in [0.2, 0.25) is 0 Å². The molecule has 2 amide bonds. The number of nitro groups is 1. The average Bonchev–Trinajstić information content (AvgIpc) is 3.18. The van der Waals surface area contributed by atoms with Crippen molar-refractivity contribution in [2.24, 2.45) is 11.8 Å². The predicted octanol–water partition coefficient (Wildman–Crippen LogP) is 1.82. The van der Waals surface area contributed by atoms with Gasteiger partial charge in [-0.05, 0) is 12.5 Å². The number of nitrogens with zero attached hydrogens (tertiary/aromatic N) is 2. The topological polar surface area (TPSA) is 89.8 Å². The molecular formula is C16H14N2O5. The summed E-state index contributed by atoms with van der Waals surface area (Å²) in [5.41, 5.74) is -0.630. The highest BCUT2D eigenvalue weighted by atomic mass is 16.6. The van der Waals surface area contributed by atoms with Crippen LogP contribution in [-0.4, -0.2) is 28.4 Å². The van der Waals surface area contributed by atoms with Crippen LogP contribution in [0, 0.1) is 22.0 Å². The first kappa shape index (κ1) is 14.1.